The van der Waals surface area contributed by atoms with Crippen LogP contribution in [0.3, 0.4) is 0 Å². The lowest BCUT2D eigenvalue weighted by Crippen LogP contribution is -2.21. The molecule has 2 N–H and O–H groups in total. The molecule has 0 amide bonds. The van der Waals surface area contributed by atoms with Crippen LogP contribution in [-0.2, 0) is 0 Å². The lowest BCUT2D eigenvalue weighted by Gasteiger charge is -2.26. The van der Waals surface area contributed by atoms with Crippen LogP contribution in [0.4, 0.5) is 4.39 Å². The number of carbonyl (C=O) groups is 1. The zero-order chi connectivity index (χ0) is 24.9. The van der Waals surface area contributed by atoms with E-state index in [1.54, 1.807) is 36.4 Å². The molecule has 0 aliphatic carbocycles. The van der Waals surface area contributed by atoms with E-state index in [1.807, 2.05) is 6.07 Å². The van der Waals surface area contributed by atoms with Crippen LogP contribution in [0.5, 0.6) is 11.5 Å². The molecule has 4 aromatic rings. The van der Waals surface area contributed by atoms with E-state index in [9.17, 15) is 14.4 Å². The third-order valence-electron chi connectivity index (χ3n) is 5.42. The van der Waals surface area contributed by atoms with Gasteiger partial charge in [0.05, 0.1) is 16.0 Å². The average Bonchev–Trinajstić information content (AvgIpc) is 3.14. The molecule has 0 spiro atoms. The molecule has 5 nitrogen and oxygen atoms in total. The molecule has 10 heteroatoms. The summed E-state index contributed by atoms with van der Waals surface area (Å²) >= 11 is 19.8. The Morgan fingerprint density at radius 1 is 1.14 bits per heavy atom. The molecule has 2 heterocycles. The summed E-state index contributed by atoms with van der Waals surface area (Å²) in [6.45, 7) is 0. The van der Waals surface area contributed by atoms with Crippen LogP contribution >= 0.6 is 46.1 Å². The molecule has 0 radical (unpaired) electrons. The molecular formula is C25H12Cl3FN2O3S. The number of benzene rings is 3. The summed E-state index contributed by atoms with van der Waals surface area (Å²) in [6, 6.07) is 15.8. The van der Waals surface area contributed by atoms with Crippen LogP contribution in [0.1, 0.15) is 26.7 Å². The van der Waals surface area contributed by atoms with E-state index in [0.717, 1.165) is 11.3 Å². The van der Waals surface area contributed by atoms with Gasteiger partial charge in [0.2, 0.25) is 5.88 Å². The predicted octanol–water partition coefficient (Wildman–Crippen LogP) is 7.44. The van der Waals surface area contributed by atoms with Gasteiger partial charge in [-0.1, -0.05) is 53.0 Å². The van der Waals surface area contributed by atoms with Crippen LogP contribution in [0.15, 0.2) is 66.1 Å². The maximum atomic E-state index is 13.9. The summed E-state index contributed by atoms with van der Waals surface area (Å²) < 4.78 is 25.7. The molecule has 1 aliphatic heterocycles. The smallest absolute Gasteiger partial charge is 0.355 e. The van der Waals surface area contributed by atoms with Crippen molar-refractivity contribution in [2.45, 2.75) is 5.92 Å². The Morgan fingerprint density at radius 2 is 1.94 bits per heavy atom. The molecule has 174 valence electrons. The fourth-order valence-electron chi connectivity index (χ4n) is 3.92. The Bertz CT molecular complexity index is 1610. The van der Waals surface area contributed by atoms with Gasteiger partial charge in [-0.3, -0.25) is 0 Å². The van der Waals surface area contributed by atoms with E-state index in [-0.39, 0.29) is 32.9 Å². The van der Waals surface area contributed by atoms with E-state index in [2.05, 4.69) is 0 Å². The standard InChI is InChI=1S/C25H12Cl3FN2O3S/c26-12-7-17(27)21-19(8-12)35-23(22(21)28)25(32)33-14-4-5-15-18(9-14)34-24(31)16(10-30)20(15)11-2-1-3-13(29)6-11/h1-9,20H,31H2. The van der Waals surface area contributed by atoms with E-state index in [1.165, 1.54) is 18.2 Å². The van der Waals surface area contributed by atoms with E-state index in [4.69, 9.17) is 50.0 Å². The largest absolute Gasteiger partial charge is 0.440 e. The van der Waals surface area contributed by atoms with Crippen molar-refractivity contribution in [1.29, 1.82) is 5.26 Å². The molecule has 3 aromatic carbocycles. The Balaban J connectivity index is 1.50. The summed E-state index contributed by atoms with van der Waals surface area (Å²) in [5, 5.41) is 11.1. The van der Waals surface area contributed by atoms with Gasteiger partial charge < -0.3 is 15.2 Å². The van der Waals surface area contributed by atoms with E-state index in [0.29, 0.717) is 31.3 Å². The van der Waals surface area contributed by atoms with Gasteiger partial charge in [-0.2, -0.15) is 5.26 Å². The van der Waals surface area contributed by atoms with Gasteiger partial charge in [-0.15, -0.1) is 11.3 Å². The van der Waals surface area contributed by atoms with Crippen LogP contribution in [0.25, 0.3) is 10.1 Å². The number of fused-ring (bicyclic) bond motifs is 2. The highest BCUT2D eigenvalue weighted by atomic mass is 35.5. The van der Waals surface area contributed by atoms with Crippen molar-refractivity contribution < 1.29 is 18.7 Å². The summed E-state index contributed by atoms with van der Waals surface area (Å²) in [6.07, 6.45) is 0. The van der Waals surface area contributed by atoms with Crippen LogP contribution in [-0.4, -0.2) is 5.97 Å². The lowest BCUT2D eigenvalue weighted by molar-refractivity contribution is 0.0740. The second kappa shape index (κ2) is 9.06. The summed E-state index contributed by atoms with van der Waals surface area (Å²) in [4.78, 5) is 13.1. The van der Waals surface area contributed by atoms with Crippen molar-refractivity contribution in [2.24, 2.45) is 5.73 Å². The lowest BCUT2D eigenvalue weighted by atomic mass is 9.83. The first-order valence-electron chi connectivity index (χ1n) is 10.0. The molecule has 0 saturated heterocycles. The molecule has 5 rings (SSSR count). The molecule has 0 saturated carbocycles. The molecule has 1 unspecified atom stereocenters. The third-order valence-corrected chi connectivity index (χ3v) is 7.54. The van der Waals surface area contributed by atoms with Crippen molar-refractivity contribution in [3.05, 3.63) is 103 Å². The van der Waals surface area contributed by atoms with E-state index >= 15 is 0 Å². The fraction of sp³-hybridized carbons (Fsp3) is 0.0400. The van der Waals surface area contributed by atoms with Gasteiger partial charge in [0.15, 0.2) is 0 Å². The number of carbonyl (C=O) groups excluding carboxylic acids is 1. The molecule has 1 aromatic heterocycles. The van der Waals surface area contributed by atoms with Gasteiger partial charge in [-0.25, -0.2) is 9.18 Å². The van der Waals surface area contributed by atoms with Gasteiger partial charge >= 0.3 is 5.97 Å². The zero-order valence-corrected chi connectivity index (χ0v) is 20.5. The Labute approximate surface area is 217 Å². The number of allylic oxidation sites excluding steroid dienone is 1. The van der Waals surface area contributed by atoms with Crippen molar-refractivity contribution in [3.8, 4) is 17.6 Å². The number of hydrogen-bond acceptors (Lipinski definition) is 6. The number of esters is 1. The first kappa shape index (κ1) is 23.5. The van der Waals surface area contributed by atoms with Crippen molar-refractivity contribution in [1.82, 2.24) is 0 Å². The number of hydrogen-bond donors (Lipinski definition) is 1. The first-order chi connectivity index (χ1) is 16.8. The highest BCUT2D eigenvalue weighted by Crippen LogP contribution is 2.44. The molecule has 35 heavy (non-hydrogen) atoms. The monoisotopic (exact) mass is 544 g/mol. The first-order valence-corrected chi connectivity index (χ1v) is 12.0. The number of nitrogens with two attached hydrogens (primary N) is 1. The minimum Gasteiger partial charge on any atom is -0.440 e. The topological polar surface area (TPSA) is 85.3 Å². The molecular weight excluding hydrogens is 534 g/mol. The second-order valence-electron chi connectivity index (χ2n) is 7.57. The second-order valence-corrected chi connectivity index (χ2v) is 9.85. The van der Waals surface area contributed by atoms with Gasteiger partial charge in [0, 0.05) is 26.7 Å². The third kappa shape index (κ3) is 4.19. The molecule has 1 atom stereocenters. The molecule has 0 fully saturated rings. The van der Waals surface area contributed by atoms with Crippen molar-refractivity contribution in [2.75, 3.05) is 0 Å². The predicted molar refractivity (Wildman–Crippen MR) is 134 cm³/mol. The molecule has 1 aliphatic rings. The normalized spacial score (nSPS) is 14.9. The highest BCUT2D eigenvalue weighted by Gasteiger charge is 2.31. The van der Waals surface area contributed by atoms with E-state index < -0.39 is 17.7 Å². The number of ether oxygens (including phenoxy) is 2. The van der Waals surface area contributed by atoms with Gasteiger partial charge in [0.1, 0.15) is 33.8 Å². The zero-order valence-electron chi connectivity index (χ0n) is 17.4. The molecule has 0 bridgehead atoms. The number of nitrogens with zero attached hydrogens (tertiary/aromatic N) is 1. The van der Waals surface area contributed by atoms with Gasteiger partial charge in [-0.05, 0) is 35.9 Å². The van der Waals surface area contributed by atoms with Crippen molar-refractivity contribution in [3.63, 3.8) is 0 Å². The van der Waals surface area contributed by atoms with Crippen LogP contribution in [0.2, 0.25) is 15.1 Å². The Morgan fingerprint density at radius 3 is 2.69 bits per heavy atom. The quantitative estimate of drug-likeness (QED) is 0.214. The average molecular weight is 546 g/mol. The number of thiophene rings is 1. The fourth-order valence-corrected chi connectivity index (χ4v) is 6.17. The summed E-state index contributed by atoms with van der Waals surface area (Å²) in [5.74, 6) is -1.46. The van der Waals surface area contributed by atoms with Crippen LogP contribution in [0, 0.1) is 17.1 Å². The number of halogens is 4. The van der Waals surface area contributed by atoms with Gasteiger partial charge in [0.25, 0.3) is 0 Å². The summed E-state index contributed by atoms with van der Waals surface area (Å²) in [5.41, 5.74) is 7.25. The Hall–Kier alpha value is -3.28. The minimum atomic E-state index is -0.693. The number of nitriles is 1. The summed E-state index contributed by atoms with van der Waals surface area (Å²) in [7, 11) is 0. The maximum Gasteiger partial charge on any atom is 0.355 e. The van der Waals surface area contributed by atoms with Crippen molar-refractivity contribution >= 4 is 62.2 Å². The Kier molecular flexibility index (Phi) is 6.07. The van der Waals surface area contributed by atoms with Crippen LogP contribution < -0.4 is 15.2 Å². The SMILES string of the molecule is N#CC1=C(N)Oc2cc(OC(=O)c3sc4cc(Cl)cc(Cl)c4c3Cl)ccc2C1c1cccc(F)c1. The minimum absolute atomic E-state index is 0.114. The number of rotatable bonds is 3. The highest BCUT2D eigenvalue weighted by molar-refractivity contribution is 7.21. The maximum absolute atomic E-state index is 13.9.